The molecule has 0 bridgehead atoms. The third kappa shape index (κ3) is 2.69. The summed E-state index contributed by atoms with van der Waals surface area (Å²) in [5.41, 5.74) is 4.78. The van der Waals surface area contributed by atoms with Crippen LogP contribution in [0.1, 0.15) is 0 Å². The van der Waals surface area contributed by atoms with Gasteiger partial charge < -0.3 is 0 Å². The Morgan fingerprint density at radius 1 is 0.474 bits per heavy atom. The molecule has 1 heteroatoms. The first kappa shape index (κ1) is 12.0. The largest absolute Gasteiger partial charge is 0.0843 e. The summed E-state index contributed by atoms with van der Waals surface area (Å²) < 4.78 is 0. The monoisotopic (exact) mass is 264 g/mol. The van der Waals surface area contributed by atoms with Crippen molar-refractivity contribution in [1.29, 1.82) is 0 Å². The summed E-state index contributed by atoms with van der Waals surface area (Å²) in [7, 11) is 0. The normalized spacial score (nSPS) is 10.4. The molecule has 0 fully saturated rings. The molecule has 0 amide bonds. The lowest BCUT2D eigenvalue weighted by atomic mass is 9.99. The van der Waals surface area contributed by atoms with Crippen molar-refractivity contribution in [1.82, 2.24) is 0 Å². The van der Waals surface area contributed by atoms with Gasteiger partial charge in [-0.15, -0.1) is 0 Å². The molecule has 19 heavy (non-hydrogen) atoms. The molecule has 0 aliphatic carbocycles. The van der Waals surface area contributed by atoms with Crippen molar-refractivity contribution in [3.63, 3.8) is 0 Å². The summed E-state index contributed by atoms with van der Waals surface area (Å²) in [6.45, 7) is 0. The smallest absolute Gasteiger partial charge is 0.0412 e. The second-order valence-corrected chi connectivity index (χ2v) is 4.89. The van der Waals surface area contributed by atoms with Crippen LogP contribution in [0.25, 0.3) is 22.3 Å². The van der Waals surface area contributed by atoms with Gasteiger partial charge in [-0.25, -0.2) is 0 Å². The van der Waals surface area contributed by atoms with Crippen molar-refractivity contribution in [2.24, 2.45) is 0 Å². The maximum absolute atomic E-state index is 6.05. The molecule has 92 valence electrons. The second-order valence-electron chi connectivity index (χ2n) is 4.46. The fraction of sp³-hybridized carbons (Fsp3) is 0. The van der Waals surface area contributed by atoms with Gasteiger partial charge >= 0.3 is 0 Å². The third-order valence-corrected chi connectivity index (χ3v) is 3.36. The second kappa shape index (κ2) is 5.29. The van der Waals surface area contributed by atoms with Crippen LogP contribution in [0.2, 0.25) is 5.02 Å². The van der Waals surface area contributed by atoms with Gasteiger partial charge in [-0.05, 0) is 40.5 Å². The molecule has 0 atom stereocenters. The highest BCUT2D eigenvalue weighted by Gasteiger charge is 2.01. The Hall–Kier alpha value is -2.05. The topological polar surface area (TPSA) is 0 Å². The molecular weight excluding hydrogens is 252 g/mol. The summed E-state index contributed by atoms with van der Waals surface area (Å²) >= 11 is 6.05. The van der Waals surface area contributed by atoms with Crippen molar-refractivity contribution in [3.8, 4) is 22.3 Å². The fourth-order valence-electron chi connectivity index (χ4n) is 2.18. The van der Waals surface area contributed by atoms with Gasteiger partial charge in [0.15, 0.2) is 0 Å². The number of halogens is 1. The highest BCUT2D eigenvalue weighted by molar-refractivity contribution is 6.30. The van der Waals surface area contributed by atoms with E-state index in [1.807, 2.05) is 24.3 Å². The van der Waals surface area contributed by atoms with Gasteiger partial charge in [-0.3, -0.25) is 0 Å². The van der Waals surface area contributed by atoms with Gasteiger partial charge in [0, 0.05) is 5.02 Å². The van der Waals surface area contributed by atoms with E-state index < -0.39 is 0 Å². The van der Waals surface area contributed by atoms with Crippen LogP contribution in [0.5, 0.6) is 0 Å². The van der Waals surface area contributed by atoms with Gasteiger partial charge in [0.05, 0.1) is 0 Å². The predicted octanol–water partition coefficient (Wildman–Crippen LogP) is 5.67. The van der Waals surface area contributed by atoms with Crippen molar-refractivity contribution in [2.45, 2.75) is 0 Å². The summed E-state index contributed by atoms with van der Waals surface area (Å²) in [6.07, 6.45) is 0. The Morgan fingerprint density at radius 2 is 1.00 bits per heavy atom. The molecule has 0 heterocycles. The highest BCUT2D eigenvalue weighted by Crippen LogP contribution is 2.27. The molecule has 3 aromatic rings. The van der Waals surface area contributed by atoms with E-state index in [1.165, 1.54) is 16.7 Å². The van der Waals surface area contributed by atoms with E-state index >= 15 is 0 Å². The van der Waals surface area contributed by atoms with E-state index in [0.717, 1.165) is 10.6 Å². The van der Waals surface area contributed by atoms with E-state index in [2.05, 4.69) is 54.6 Å². The lowest BCUT2D eigenvalue weighted by molar-refractivity contribution is 1.59. The van der Waals surface area contributed by atoms with E-state index in [0.29, 0.717) is 0 Å². The zero-order chi connectivity index (χ0) is 13.1. The molecule has 0 spiro atoms. The number of hydrogen-bond acceptors (Lipinski definition) is 0. The van der Waals surface area contributed by atoms with Crippen LogP contribution in [-0.4, -0.2) is 0 Å². The first-order chi connectivity index (χ1) is 9.33. The van der Waals surface area contributed by atoms with Gasteiger partial charge in [-0.1, -0.05) is 72.3 Å². The quantitative estimate of drug-likeness (QED) is 0.559. The lowest BCUT2D eigenvalue weighted by Crippen LogP contribution is -1.81. The summed E-state index contributed by atoms with van der Waals surface area (Å²) in [4.78, 5) is 0. The third-order valence-electron chi connectivity index (χ3n) is 3.13. The van der Waals surface area contributed by atoms with Crippen LogP contribution in [0.3, 0.4) is 0 Å². The number of rotatable bonds is 2. The minimum atomic E-state index is 0.766. The fourth-order valence-corrected chi connectivity index (χ4v) is 2.37. The zero-order valence-corrected chi connectivity index (χ0v) is 11.1. The van der Waals surface area contributed by atoms with E-state index in [9.17, 15) is 0 Å². The first-order valence-corrected chi connectivity index (χ1v) is 6.62. The van der Waals surface area contributed by atoms with Crippen molar-refractivity contribution in [2.75, 3.05) is 0 Å². The summed E-state index contributed by atoms with van der Waals surface area (Å²) in [5.74, 6) is 0. The average molecular weight is 265 g/mol. The molecule has 0 nitrogen and oxygen atoms in total. The Kier molecular flexibility index (Phi) is 3.35. The molecule has 0 aliphatic heterocycles. The average Bonchev–Trinajstić information content (AvgIpc) is 2.48. The van der Waals surface area contributed by atoms with Crippen LogP contribution >= 0.6 is 11.6 Å². The van der Waals surface area contributed by atoms with Crippen molar-refractivity contribution < 1.29 is 0 Å². The zero-order valence-electron chi connectivity index (χ0n) is 10.4. The molecule has 0 radical (unpaired) electrons. The summed E-state index contributed by atoms with van der Waals surface area (Å²) in [5, 5.41) is 0.766. The maximum atomic E-state index is 6.05. The minimum Gasteiger partial charge on any atom is -0.0843 e. The van der Waals surface area contributed by atoms with Crippen molar-refractivity contribution >= 4 is 11.6 Å². The maximum Gasteiger partial charge on any atom is 0.0412 e. The predicted molar refractivity (Wildman–Crippen MR) is 82.3 cm³/mol. The molecule has 0 saturated carbocycles. The van der Waals surface area contributed by atoms with Crippen LogP contribution in [0, 0.1) is 0 Å². The van der Waals surface area contributed by atoms with Gasteiger partial charge in [0.25, 0.3) is 0 Å². The Bertz CT molecular complexity index is 687. The molecule has 3 rings (SSSR count). The molecule has 0 aliphatic rings. The van der Waals surface area contributed by atoms with Crippen LogP contribution < -0.4 is 0 Å². The van der Waals surface area contributed by atoms with Crippen LogP contribution in [0.4, 0.5) is 0 Å². The molecule has 3 aromatic carbocycles. The Labute approximate surface area is 118 Å². The number of benzene rings is 3. The molecule has 0 saturated heterocycles. The van der Waals surface area contributed by atoms with Crippen LogP contribution in [0.15, 0.2) is 78.9 Å². The minimum absolute atomic E-state index is 0.766. The SMILES string of the molecule is Clc1cccc(-c2cccc(-c3ccccc3)c2)c1. The standard InChI is InChI=1S/C18H13Cl/c19-18-11-5-10-17(13-18)16-9-4-8-15(12-16)14-6-2-1-3-7-14/h1-13H. The Morgan fingerprint density at radius 3 is 1.68 bits per heavy atom. The Balaban J connectivity index is 2.06. The van der Waals surface area contributed by atoms with Crippen LogP contribution in [-0.2, 0) is 0 Å². The molecule has 0 unspecified atom stereocenters. The molecular formula is C18H13Cl. The van der Waals surface area contributed by atoms with E-state index in [1.54, 1.807) is 0 Å². The molecule has 0 N–H and O–H groups in total. The lowest BCUT2D eigenvalue weighted by Gasteiger charge is -2.06. The first-order valence-electron chi connectivity index (χ1n) is 6.24. The summed E-state index contributed by atoms with van der Waals surface area (Å²) in [6, 6.07) is 26.9. The van der Waals surface area contributed by atoms with Gasteiger partial charge in [0.2, 0.25) is 0 Å². The number of hydrogen-bond donors (Lipinski definition) is 0. The van der Waals surface area contributed by atoms with Crippen molar-refractivity contribution in [3.05, 3.63) is 83.9 Å². The molecule has 0 aromatic heterocycles. The van der Waals surface area contributed by atoms with Gasteiger partial charge in [-0.2, -0.15) is 0 Å². The van der Waals surface area contributed by atoms with E-state index in [4.69, 9.17) is 11.6 Å². The van der Waals surface area contributed by atoms with E-state index in [-0.39, 0.29) is 0 Å². The van der Waals surface area contributed by atoms with Gasteiger partial charge in [0.1, 0.15) is 0 Å². The highest BCUT2D eigenvalue weighted by atomic mass is 35.5.